The molecule has 4 rings (SSSR count). The van der Waals surface area contributed by atoms with Crippen LogP contribution in [0.25, 0.3) is 0 Å². The minimum Gasteiger partial charge on any atom is -0.361 e. The summed E-state index contributed by atoms with van der Waals surface area (Å²) in [5.74, 6) is 0.492. The van der Waals surface area contributed by atoms with E-state index in [9.17, 15) is 9.59 Å². The van der Waals surface area contributed by atoms with Crippen molar-refractivity contribution in [3.05, 3.63) is 52.9 Å². The molecule has 2 aliphatic rings. The van der Waals surface area contributed by atoms with Crippen LogP contribution in [0.1, 0.15) is 29.0 Å². The highest BCUT2D eigenvalue weighted by Crippen LogP contribution is 2.34. The summed E-state index contributed by atoms with van der Waals surface area (Å²) in [6, 6.07) is 9.47. The SMILES string of the molecule is Cc1cc(CN2C(=O)NC3(CCc4ccccc4C3)C2=O)no1. The van der Waals surface area contributed by atoms with Crippen molar-refractivity contribution in [1.82, 2.24) is 15.4 Å². The summed E-state index contributed by atoms with van der Waals surface area (Å²) in [7, 11) is 0. The monoisotopic (exact) mass is 311 g/mol. The summed E-state index contributed by atoms with van der Waals surface area (Å²) in [5, 5.41) is 6.78. The van der Waals surface area contributed by atoms with Gasteiger partial charge >= 0.3 is 6.03 Å². The maximum atomic E-state index is 12.9. The lowest BCUT2D eigenvalue weighted by Gasteiger charge is -2.32. The van der Waals surface area contributed by atoms with E-state index in [-0.39, 0.29) is 18.5 Å². The number of carbonyl (C=O) groups is 2. The third kappa shape index (κ3) is 2.21. The van der Waals surface area contributed by atoms with Crippen LogP contribution in [0.15, 0.2) is 34.9 Å². The standard InChI is InChI=1S/C17H17N3O3/c1-11-8-14(19-23-11)10-20-15(21)17(18-16(20)22)7-6-12-4-2-3-5-13(12)9-17/h2-5,8H,6-7,9-10H2,1H3,(H,18,22). The van der Waals surface area contributed by atoms with Crippen LogP contribution < -0.4 is 5.32 Å². The third-order valence-electron chi connectivity index (χ3n) is 4.67. The summed E-state index contributed by atoms with van der Waals surface area (Å²) < 4.78 is 5.01. The molecule has 1 fully saturated rings. The predicted molar refractivity (Wildman–Crippen MR) is 81.5 cm³/mol. The maximum absolute atomic E-state index is 12.9. The van der Waals surface area contributed by atoms with Gasteiger partial charge in [-0.3, -0.25) is 9.69 Å². The number of fused-ring (bicyclic) bond motifs is 1. The molecule has 2 aromatic rings. The Morgan fingerprint density at radius 3 is 2.83 bits per heavy atom. The molecular formula is C17H17N3O3. The lowest BCUT2D eigenvalue weighted by atomic mass is 9.78. The first-order chi connectivity index (χ1) is 11.1. The highest BCUT2D eigenvalue weighted by atomic mass is 16.5. The van der Waals surface area contributed by atoms with Gasteiger partial charge in [0.2, 0.25) is 0 Å². The van der Waals surface area contributed by atoms with Crippen LogP contribution in [0.2, 0.25) is 0 Å². The van der Waals surface area contributed by atoms with Crippen molar-refractivity contribution in [2.75, 3.05) is 0 Å². The Morgan fingerprint density at radius 1 is 1.30 bits per heavy atom. The number of aryl methyl sites for hydroxylation is 2. The fourth-order valence-corrected chi connectivity index (χ4v) is 3.50. The van der Waals surface area contributed by atoms with Crippen LogP contribution in [-0.2, 0) is 24.2 Å². The quantitative estimate of drug-likeness (QED) is 0.860. The number of hydrogen-bond donors (Lipinski definition) is 1. The Balaban J connectivity index is 1.60. The van der Waals surface area contributed by atoms with Gasteiger partial charge in [-0.05, 0) is 30.9 Å². The zero-order valence-corrected chi connectivity index (χ0v) is 12.8. The summed E-state index contributed by atoms with van der Waals surface area (Å²) in [6.07, 6.45) is 1.96. The average molecular weight is 311 g/mol. The van der Waals surface area contributed by atoms with Crippen LogP contribution in [0.3, 0.4) is 0 Å². The molecule has 1 aromatic carbocycles. The molecule has 3 amide bonds. The fraction of sp³-hybridized carbons (Fsp3) is 0.353. The molecule has 1 saturated heterocycles. The van der Waals surface area contributed by atoms with E-state index in [1.54, 1.807) is 13.0 Å². The molecule has 23 heavy (non-hydrogen) atoms. The van der Waals surface area contributed by atoms with Gasteiger partial charge in [-0.1, -0.05) is 29.4 Å². The molecule has 1 unspecified atom stereocenters. The van der Waals surface area contributed by atoms with E-state index in [4.69, 9.17) is 4.52 Å². The Bertz CT molecular complexity index is 798. The van der Waals surface area contributed by atoms with Crippen LogP contribution in [0.4, 0.5) is 4.79 Å². The number of imide groups is 1. The fourth-order valence-electron chi connectivity index (χ4n) is 3.50. The van der Waals surface area contributed by atoms with Crippen LogP contribution >= 0.6 is 0 Å². The van der Waals surface area contributed by atoms with Gasteiger partial charge in [-0.15, -0.1) is 0 Å². The second-order valence-electron chi connectivity index (χ2n) is 6.28. The lowest BCUT2D eigenvalue weighted by molar-refractivity contribution is -0.132. The van der Waals surface area contributed by atoms with E-state index in [1.807, 2.05) is 18.2 Å². The first kappa shape index (κ1) is 14.0. The van der Waals surface area contributed by atoms with Gasteiger partial charge in [0.25, 0.3) is 5.91 Å². The second kappa shape index (κ2) is 4.94. The molecule has 6 nitrogen and oxygen atoms in total. The third-order valence-corrected chi connectivity index (χ3v) is 4.67. The molecule has 118 valence electrons. The van der Waals surface area contributed by atoms with E-state index in [1.165, 1.54) is 10.5 Å². The van der Waals surface area contributed by atoms with Crippen LogP contribution in [0.5, 0.6) is 0 Å². The van der Waals surface area contributed by atoms with Gasteiger partial charge < -0.3 is 9.84 Å². The molecule has 0 saturated carbocycles. The van der Waals surface area contributed by atoms with Gasteiger partial charge in [0.1, 0.15) is 17.0 Å². The van der Waals surface area contributed by atoms with Crippen molar-refractivity contribution >= 4 is 11.9 Å². The highest BCUT2D eigenvalue weighted by molar-refractivity contribution is 6.07. The normalized spacial score (nSPS) is 23.3. The molecule has 1 spiro atoms. The molecule has 1 aliphatic carbocycles. The number of amides is 3. The van der Waals surface area contributed by atoms with Gasteiger partial charge in [0.15, 0.2) is 0 Å². The minimum atomic E-state index is -0.815. The zero-order chi connectivity index (χ0) is 16.0. The molecular weight excluding hydrogens is 294 g/mol. The first-order valence-corrected chi connectivity index (χ1v) is 7.70. The Hall–Kier alpha value is -2.63. The van der Waals surface area contributed by atoms with Crippen molar-refractivity contribution in [2.24, 2.45) is 0 Å². The van der Waals surface area contributed by atoms with E-state index < -0.39 is 5.54 Å². The minimum absolute atomic E-state index is 0.144. The van der Waals surface area contributed by atoms with Crippen LogP contribution in [0, 0.1) is 6.92 Å². The van der Waals surface area contributed by atoms with Crippen molar-refractivity contribution < 1.29 is 14.1 Å². The summed E-state index contributed by atoms with van der Waals surface area (Å²) in [6.45, 7) is 1.92. The Morgan fingerprint density at radius 2 is 2.09 bits per heavy atom. The average Bonchev–Trinajstić information content (AvgIpc) is 3.05. The molecule has 1 aliphatic heterocycles. The van der Waals surface area contributed by atoms with Gasteiger partial charge in [0, 0.05) is 12.5 Å². The Kier molecular flexibility index (Phi) is 3.01. The van der Waals surface area contributed by atoms with E-state index in [0.717, 1.165) is 12.0 Å². The van der Waals surface area contributed by atoms with Crippen LogP contribution in [-0.4, -0.2) is 27.5 Å². The number of nitrogens with zero attached hydrogens (tertiary/aromatic N) is 2. The number of nitrogens with one attached hydrogen (secondary N) is 1. The molecule has 1 aromatic heterocycles. The van der Waals surface area contributed by atoms with E-state index in [2.05, 4.69) is 16.5 Å². The van der Waals surface area contributed by atoms with Crippen molar-refractivity contribution in [2.45, 2.75) is 38.3 Å². The van der Waals surface area contributed by atoms with Crippen molar-refractivity contribution in [3.63, 3.8) is 0 Å². The maximum Gasteiger partial charge on any atom is 0.325 e. The smallest absolute Gasteiger partial charge is 0.325 e. The summed E-state index contributed by atoms with van der Waals surface area (Å²) in [5.41, 5.74) is 2.15. The predicted octanol–water partition coefficient (Wildman–Crippen LogP) is 1.96. The summed E-state index contributed by atoms with van der Waals surface area (Å²) >= 11 is 0. The van der Waals surface area contributed by atoms with Gasteiger partial charge in [0.05, 0.1) is 6.54 Å². The lowest BCUT2D eigenvalue weighted by Crippen LogP contribution is -2.51. The number of aromatic nitrogens is 1. The number of benzene rings is 1. The molecule has 1 atom stereocenters. The number of hydrogen-bond acceptors (Lipinski definition) is 4. The molecule has 0 bridgehead atoms. The number of urea groups is 1. The van der Waals surface area contributed by atoms with Crippen molar-refractivity contribution in [1.29, 1.82) is 0 Å². The number of carbonyl (C=O) groups excluding carboxylic acids is 2. The topological polar surface area (TPSA) is 75.4 Å². The van der Waals surface area contributed by atoms with Crippen molar-refractivity contribution in [3.8, 4) is 0 Å². The molecule has 1 N–H and O–H groups in total. The van der Waals surface area contributed by atoms with E-state index in [0.29, 0.717) is 24.3 Å². The highest BCUT2D eigenvalue weighted by Gasteiger charge is 2.52. The first-order valence-electron chi connectivity index (χ1n) is 7.70. The van der Waals surface area contributed by atoms with E-state index >= 15 is 0 Å². The Labute approximate surface area is 133 Å². The van der Waals surface area contributed by atoms with Gasteiger partial charge in [-0.25, -0.2) is 4.79 Å². The largest absolute Gasteiger partial charge is 0.361 e. The van der Waals surface area contributed by atoms with Gasteiger partial charge in [-0.2, -0.15) is 0 Å². The molecule has 6 heteroatoms. The molecule has 0 radical (unpaired) electrons. The number of rotatable bonds is 2. The molecule has 2 heterocycles. The zero-order valence-electron chi connectivity index (χ0n) is 12.8. The summed E-state index contributed by atoms with van der Waals surface area (Å²) in [4.78, 5) is 26.5. The second-order valence-corrected chi connectivity index (χ2v) is 6.28.